The summed E-state index contributed by atoms with van der Waals surface area (Å²) in [5.41, 5.74) is 8.74. The van der Waals surface area contributed by atoms with Crippen LogP contribution in [0.4, 0.5) is 5.82 Å². The average Bonchev–Trinajstić information content (AvgIpc) is 2.88. The number of aromatic nitrogens is 3. The van der Waals surface area contributed by atoms with E-state index in [1.54, 1.807) is 18.7 Å². The first kappa shape index (κ1) is 11.9. The Bertz CT molecular complexity index is 721. The molecule has 0 aliphatic rings. The molecule has 94 valence electrons. The van der Waals surface area contributed by atoms with Gasteiger partial charge in [-0.3, -0.25) is 4.57 Å². The maximum absolute atomic E-state index is 5.93. The van der Waals surface area contributed by atoms with E-state index < -0.39 is 0 Å². The monoisotopic (exact) mass is 314 g/mol. The van der Waals surface area contributed by atoms with Crippen molar-refractivity contribution in [2.24, 2.45) is 0 Å². The fourth-order valence-corrected chi connectivity index (χ4v) is 2.35. The van der Waals surface area contributed by atoms with Gasteiger partial charge >= 0.3 is 0 Å². The summed E-state index contributed by atoms with van der Waals surface area (Å²) in [4.78, 5) is 8.32. The molecule has 0 saturated carbocycles. The topological polar surface area (TPSA) is 56.7 Å². The van der Waals surface area contributed by atoms with Crippen LogP contribution in [0.25, 0.3) is 16.9 Å². The molecule has 0 fully saturated rings. The molecule has 19 heavy (non-hydrogen) atoms. The number of halogens is 1. The molecule has 0 saturated heterocycles. The van der Waals surface area contributed by atoms with Gasteiger partial charge in [0.15, 0.2) is 0 Å². The Hall–Kier alpha value is -2.14. The van der Waals surface area contributed by atoms with Crippen LogP contribution in [0, 0.1) is 0 Å². The quantitative estimate of drug-likeness (QED) is 0.789. The minimum Gasteiger partial charge on any atom is -0.383 e. The number of anilines is 1. The molecule has 5 heteroatoms. The van der Waals surface area contributed by atoms with Crippen molar-refractivity contribution >= 4 is 21.7 Å². The van der Waals surface area contributed by atoms with Crippen molar-refractivity contribution < 1.29 is 0 Å². The molecular weight excluding hydrogens is 304 g/mol. The van der Waals surface area contributed by atoms with Gasteiger partial charge in [0, 0.05) is 21.9 Å². The molecule has 3 aromatic rings. The summed E-state index contributed by atoms with van der Waals surface area (Å²) in [5.74, 6) is 0.499. The maximum atomic E-state index is 5.93. The molecule has 3 rings (SSSR count). The first-order valence-electron chi connectivity index (χ1n) is 5.75. The van der Waals surface area contributed by atoms with E-state index in [9.17, 15) is 0 Å². The summed E-state index contributed by atoms with van der Waals surface area (Å²) in [5, 5.41) is 0. The number of imidazole rings is 1. The molecule has 0 amide bonds. The lowest BCUT2D eigenvalue weighted by Crippen LogP contribution is -1.99. The van der Waals surface area contributed by atoms with Crippen molar-refractivity contribution in [2.75, 3.05) is 5.73 Å². The molecule has 0 bridgehead atoms. The maximum Gasteiger partial charge on any atom is 0.132 e. The zero-order chi connectivity index (χ0) is 13.2. The van der Waals surface area contributed by atoms with Crippen LogP contribution in [0.1, 0.15) is 0 Å². The van der Waals surface area contributed by atoms with Crippen LogP contribution >= 0.6 is 15.9 Å². The number of hydrogen-bond acceptors (Lipinski definition) is 3. The second-order valence-corrected chi connectivity index (χ2v) is 4.98. The lowest BCUT2D eigenvalue weighted by atomic mass is 10.2. The Kier molecular flexibility index (Phi) is 3.05. The highest BCUT2D eigenvalue weighted by Crippen LogP contribution is 2.27. The second kappa shape index (κ2) is 4.85. The summed E-state index contributed by atoms with van der Waals surface area (Å²) in [6, 6.07) is 11.8. The normalized spacial score (nSPS) is 10.6. The van der Waals surface area contributed by atoms with E-state index in [1.807, 2.05) is 41.0 Å². The average molecular weight is 315 g/mol. The van der Waals surface area contributed by atoms with Crippen LogP contribution in [-0.4, -0.2) is 14.5 Å². The molecule has 2 aromatic heterocycles. The van der Waals surface area contributed by atoms with E-state index >= 15 is 0 Å². The zero-order valence-corrected chi connectivity index (χ0v) is 11.6. The lowest BCUT2D eigenvalue weighted by Gasteiger charge is -2.09. The SMILES string of the molecule is Nc1ncccc1-c1cncn1-c1cccc(Br)c1. The van der Waals surface area contributed by atoms with E-state index in [1.165, 1.54) is 0 Å². The number of nitrogens with two attached hydrogens (primary N) is 1. The van der Waals surface area contributed by atoms with Gasteiger partial charge in [-0.25, -0.2) is 9.97 Å². The third kappa shape index (κ3) is 2.24. The van der Waals surface area contributed by atoms with Gasteiger partial charge in [-0.05, 0) is 30.3 Å². The van der Waals surface area contributed by atoms with E-state index in [4.69, 9.17) is 5.73 Å². The third-order valence-corrected chi connectivity index (χ3v) is 3.33. The predicted octanol–water partition coefficient (Wildman–Crippen LogP) is 3.28. The standard InChI is InChI=1S/C14H11BrN4/c15-10-3-1-4-11(7-10)19-9-17-8-13(19)12-5-2-6-18-14(12)16/h1-9H,(H2,16,18). The molecule has 2 heterocycles. The Balaban J connectivity index is 2.16. The van der Waals surface area contributed by atoms with Gasteiger partial charge in [0.2, 0.25) is 0 Å². The minimum absolute atomic E-state index is 0.499. The zero-order valence-electron chi connectivity index (χ0n) is 9.99. The number of hydrogen-bond donors (Lipinski definition) is 1. The van der Waals surface area contributed by atoms with E-state index in [-0.39, 0.29) is 0 Å². The highest BCUT2D eigenvalue weighted by Gasteiger charge is 2.10. The first-order chi connectivity index (χ1) is 9.25. The lowest BCUT2D eigenvalue weighted by molar-refractivity contribution is 1.06. The summed E-state index contributed by atoms with van der Waals surface area (Å²) in [7, 11) is 0. The van der Waals surface area contributed by atoms with Gasteiger partial charge in [-0.15, -0.1) is 0 Å². The van der Waals surface area contributed by atoms with Crippen molar-refractivity contribution in [3.8, 4) is 16.9 Å². The number of nitrogen functional groups attached to an aromatic ring is 1. The van der Waals surface area contributed by atoms with Crippen molar-refractivity contribution in [1.82, 2.24) is 14.5 Å². The number of rotatable bonds is 2. The molecule has 0 aliphatic carbocycles. The molecule has 2 N–H and O–H groups in total. The fraction of sp³-hybridized carbons (Fsp3) is 0. The van der Waals surface area contributed by atoms with Gasteiger partial charge in [-0.2, -0.15) is 0 Å². The largest absolute Gasteiger partial charge is 0.383 e. The van der Waals surface area contributed by atoms with Crippen molar-refractivity contribution in [1.29, 1.82) is 0 Å². The molecule has 0 spiro atoms. The van der Waals surface area contributed by atoms with E-state index in [0.29, 0.717) is 5.82 Å². The van der Waals surface area contributed by atoms with Crippen LogP contribution in [0.3, 0.4) is 0 Å². The van der Waals surface area contributed by atoms with Crippen LogP contribution in [-0.2, 0) is 0 Å². The van der Waals surface area contributed by atoms with E-state index in [2.05, 4.69) is 25.9 Å². The molecule has 1 aromatic carbocycles. The minimum atomic E-state index is 0.499. The van der Waals surface area contributed by atoms with Crippen molar-refractivity contribution in [2.45, 2.75) is 0 Å². The highest BCUT2D eigenvalue weighted by molar-refractivity contribution is 9.10. The first-order valence-corrected chi connectivity index (χ1v) is 6.54. The van der Waals surface area contributed by atoms with Crippen LogP contribution in [0.15, 0.2) is 59.6 Å². The molecule has 0 unspecified atom stereocenters. The van der Waals surface area contributed by atoms with Crippen LogP contribution in [0.5, 0.6) is 0 Å². The Morgan fingerprint density at radius 3 is 2.84 bits per heavy atom. The fourth-order valence-electron chi connectivity index (χ4n) is 1.96. The Morgan fingerprint density at radius 1 is 1.16 bits per heavy atom. The summed E-state index contributed by atoms with van der Waals surface area (Å²) in [6.45, 7) is 0. The van der Waals surface area contributed by atoms with Gasteiger partial charge < -0.3 is 5.73 Å². The van der Waals surface area contributed by atoms with Gasteiger partial charge in [0.1, 0.15) is 5.82 Å². The van der Waals surface area contributed by atoms with E-state index in [0.717, 1.165) is 21.4 Å². The molecule has 4 nitrogen and oxygen atoms in total. The highest BCUT2D eigenvalue weighted by atomic mass is 79.9. The summed E-state index contributed by atoms with van der Waals surface area (Å²) >= 11 is 3.47. The summed E-state index contributed by atoms with van der Waals surface area (Å²) < 4.78 is 3.00. The van der Waals surface area contributed by atoms with Gasteiger partial charge in [0.05, 0.1) is 18.2 Å². The summed E-state index contributed by atoms with van der Waals surface area (Å²) in [6.07, 6.45) is 5.23. The second-order valence-electron chi connectivity index (χ2n) is 4.06. The van der Waals surface area contributed by atoms with Crippen molar-refractivity contribution in [3.05, 3.63) is 59.6 Å². The Labute approximate surface area is 119 Å². The third-order valence-electron chi connectivity index (χ3n) is 2.84. The number of benzene rings is 1. The Morgan fingerprint density at radius 2 is 2.05 bits per heavy atom. The molecule has 0 radical (unpaired) electrons. The molecular formula is C14H11BrN4. The van der Waals surface area contributed by atoms with Gasteiger partial charge in [0.25, 0.3) is 0 Å². The smallest absolute Gasteiger partial charge is 0.132 e. The number of nitrogens with zero attached hydrogens (tertiary/aromatic N) is 3. The number of pyridine rings is 1. The predicted molar refractivity (Wildman–Crippen MR) is 78.9 cm³/mol. The molecule has 0 atom stereocenters. The van der Waals surface area contributed by atoms with Crippen LogP contribution < -0.4 is 5.73 Å². The van der Waals surface area contributed by atoms with Crippen LogP contribution in [0.2, 0.25) is 0 Å². The van der Waals surface area contributed by atoms with Crippen molar-refractivity contribution in [3.63, 3.8) is 0 Å². The van der Waals surface area contributed by atoms with Gasteiger partial charge in [-0.1, -0.05) is 22.0 Å². The molecule has 0 aliphatic heterocycles.